The summed E-state index contributed by atoms with van der Waals surface area (Å²) in [6, 6.07) is 10.7. The lowest BCUT2D eigenvalue weighted by molar-refractivity contribution is -0.146. The first kappa shape index (κ1) is 14.6. The van der Waals surface area contributed by atoms with E-state index in [1.807, 2.05) is 0 Å². The Hall–Kier alpha value is -2.34. The van der Waals surface area contributed by atoms with E-state index in [-0.39, 0.29) is 19.3 Å². The number of benzene rings is 1. The zero-order valence-electron chi connectivity index (χ0n) is 11.7. The predicted octanol–water partition coefficient (Wildman–Crippen LogP) is 2.61. The van der Waals surface area contributed by atoms with E-state index in [0.29, 0.717) is 5.69 Å². The standard InChI is InChI=1S/C16H14F2N2O2/c17-16(18,12-5-4-8-19-9-12)15(21)20(14-10-22-11-14)13-6-2-1-3-7-13/h1-9,14H,10-11H2. The molecule has 0 radical (unpaired) electrons. The second kappa shape index (κ2) is 5.81. The van der Waals surface area contributed by atoms with Crippen molar-refractivity contribution in [3.8, 4) is 0 Å². The smallest absolute Gasteiger partial charge is 0.351 e. The number of para-hydroxylation sites is 1. The van der Waals surface area contributed by atoms with E-state index in [4.69, 9.17) is 4.74 Å². The summed E-state index contributed by atoms with van der Waals surface area (Å²) in [5.41, 5.74) is 0.0190. The number of aromatic nitrogens is 1. The van der Waals surface area contributed by atoms with E-state index in [1.54, 1.807) is 30.3 Å². The van der Waals surface area contributed by atoms with Crippen LogP contribution in [0.15, 0.2) is 54.9 Å². The molecule has 0 saturated carbocycles. The highest BCUT2D eigenvalue weighted by molar-refractivity contribution is 5.99. The van der Waals surface area contributed by atoms with Crippen LogP contribution < -0.4 is 4.90 Å². The molecule has 0 atom stereocenters. The molecule has 114 valence electrons. The number of halogens is 2. The molecule has 6 heteroatoms. The number of nitrogens with zero attached hydrogens (tertiary/aromatic N) is 2. The highest BCUT2D eigenvalue weighted by Crippen LogP contribution is 2.33. The van der Waals surface area contributed by atoms with Crippen molar-refractivity contribution < 1.29 is 18.3 Å². The number of pyridine rings is 1. The van der Waals surface area contributed by atoms with Gasteiger partial charge in [-0.1, -0.05) is 18.2 Å². The lowest BCUT2D eigenvalue weighted by Crippen LogP contribution is -2.56. The lowest BCUT2D eigenvalue weighted by Gasteiger charge is -2.38. The molecule has 1 saturated heterocycles. The van der Waals surface area contributed by atoms with Crippen molar-refractivity contribution in [3.05, 3.63) is 60.4 Å². The molecule has 2 aromatic rings. The second-order valence-electron chi connectivity index (χ2n) is 5.02. The Morgan fingerprint density at radius 2 is 1.91 bits per heavy atom. The van der Waals surface area contributed by atoms with E-state index in [1.165, 1.54) is 18.3 Å². The quantitative estimate of drug-likeness (QED) is 0.872. The average molecular weight is 304 g/mol. The largest absolute Gasteiger partial charge is 0.377 e. The average Bonchev–Trinajstić information content (AvgIpc) is 2.51. The SMILES string of the molecule is O=C(N(c1ccccc1)C1COC1)C(F)(F)c1cccnc1. The zero-order valence-corrected chi connectivity index (χ0v) is 11.7. The van der Waals surface area contributed by atoms with Crippen LogP contribution in [0.2, 0.25) is 0 Å². The van der Waals surface area contributed by atoms with Crippen LogP contribution in [0, 0.1) is 0 Å². The third kappa shape index (κ3) is 2.57. The number of carbonyl (C=O) groups excluding carboxylic acids is 1. The molecule has 22 heavy (non-hydrogen) atoms. The van der Waals surface area contributed by atoms with Crippen LogP contribution in [0.4, 0.5) is 14.5 Å². The van der Waals surface area contributed by atoms with Gasteiger partial charge in [-0.15, -0.1) is 0 Å². The molecule has 1 fully saturated rings. The van der Waals surface area contributed by atoms with Gasteiger partial charge in [0.1, 0.15) is 0 Å². The summed E-state index contributed by atoms with van der Waals surface area (Å²) in [6.07, 6.45) is 2.40. The Labute approximate surface area is 126 Å². The highest BCUT2D eigenvalue weighted by Gasteiger charge is 2.47. The van der Waals surface area contributed by atoms with Gasteiger partial charge in [-0.05, 0) is 24.3 Å². The molecule has 0 spiro atoms. The minimum Gasteiger partial charge on any atom is -0.377 e. The first-order valence-electron chi connectivity index (χ1n) is 6.85. The van der Waals surface area contributed by atoms with Crippen LogP contribution in [0.1, 0.15) is 5.56 Å². The Morgan fingerprint density at radius 1 is 1.18 bits per heavy atom. The molecule has 4 nitrogen and oxygen atoms in total. The van der Waals surface area contributed by atoms with Gasteiger partial charge in [0.05, 0.1) is 19.3 Å². The van der Waals surface area contributed by atoms with Crippen LogP contribution in [-0.2, 0) is 15.5 Å². The maximum absolute atomic E-state index is 14.5. The summed E-state index contributed by atoms with van der Waals surface area (Å²) in [6.45, 7) is 0.507. The number of hydrogen-bond donors (Lipinski definition) is 0. The molecule has 1 aliphatic rings. The summed E-state index contributed by atoms with van der Waals surface area (Å²) in [5.74, 6) is -4.90. The molecule has 1 aromatic carbocycles. The molecule has 1 aliphatic heterocycles. The number of amides is 1. The van der Waals surface area contributed by atoms with Crippen LogP contribution in [-0.4, -0.2) is 30.1 Å². The highest BCUT2D eigenvalue weighted by atomic mass is 19.3. The van der Waals surface area contributed by atoms with Gasteiger partial charge in [0.15, 0.2) is 0 Å². The van der Waals surface area contributed by atoms with E-state index < -0.39 is 17.4 Å². The van der Waals surface area contributed by atoms with Gasteiger partial charge < -0.3 is 4.74 Å². The van der Waals surface area contributed by atoms with Crippen LogP contribution in [0.25, 0.3) is 0 Å². The van der Waals surface area contributed by atoms with Crippen molar-refractivity contribution in [1.29, 1.82) is 0 Å². The monoisotopic (exact) mass is 304 g/mol. The van der Waals surface area contributed by atoms with Crippen LogP contribution in [0.5, 0.6) is 0 Å². The maximum Gasteiger partial charge on any atom is 0.351 e. The third-order valence-corrected chi connectivity index (χ3v) is 3.53. The summed E-state index contributed by atoms with van der Waals surface area (Å²) in [5, 5.41) is 0. The minimum absolute atomic E-state index is 0.254. The second-order valence-corrected chi connectivity index (χ2v) is 5.02. The van der Waals surface area contributed by atoms with Gasteiger partial charge in [0, 0.05) is 23.6 Å². The molecular formula is C16H14F2N2O2. The fourth-order valence-electron chi connectivity index (χ4n) is 2.28. The summed E-state index contributed by atoms with van der Waals surface area (Å²) in [7, 11) is 0. The van der Waals surface area contributed by atoms with Crippen LogP contribution in [0.3, 0.4) is 0 Å². The van der Waals surface area contributed by atoms with E-state index in [0.717, 1.165) is 11.1 Å². The molecule has 0 bridgehead atoms. The predicted molar refractivity (Wildman–Crippen MR) is 76.7 cm³/mol. The molecular weight excluding hydrogens is 290 g/mol. The number of anilines is 1. The van der Waals surface area contributed by atoms with Gasteiger partial charge >= 0.3 is 11.8 Å². The topological polar surface area (TPSA) is 42.4 Å². The van der Waals surface area contributed by atoms with Gasteiger partial charge in [0.25, 0.3) is 0 Å². The van der Waals surface area contributed by atoms with E-state index in [9.17, 15) is 13.6 Å². The van der Waals surface area contributed by atoms with E-state index >= 15 is 0 Å². The van der Waals surface area contributed by atoms with E-state index in [2.05, 4.69) is 4.98 Å². The first-order chi connectivity index (χ1) is 10.6. The Kier molecular flexibility index (Phi) is 3.85. The maximum atomic E-state index is 14.5. The Morgan fingerprint density at radius 3 is 2.45 bits per heavy atom. The molecule has 0 N–H and O–H groups in total. The molecule has 0 unspecified atom stereocenters. The normalized spacial score (nSPS) is 15.2. The molecule has 2 heterocycles. The minimum atomic E-state index is -3.64. The van der Waals surface area contributed by atoms with Crippen molar-refractivity contribution in [1.82, 2.24) is 4.98 Å². The molecule has 0 aliphatic carbocycles. The fourth-order valence-corrected chi connectivity index (χ4v) is 2.28. The Bertz CT molecular complexity index is 646. The molecule has 1 aromatic heterocycles. The summed E-state index contributed by atoms with van der Waals surface area (Å²) < 4.78 is 34.1. The van der Waals surface area contributed by atoms with Gasteiger partial charge in [-0.25, -0.2) is 0 Å². The number of carbonyl (C=O) groups is 1. The molecule has 1 amide bonds. The van der Waals surface area contributed by atoms with Crippen molar-refractivity contribution >= 4 is 11.6 Å². The van der Waals surface area contributed by atoms with Gasteiger partial charge in [-0.3, -0.25) is 14.7 Å². The Balaban J connectivity index is 1.96. The van der Waals surface area contributed by atoms with Gasteiger partial charge in [0.2, 0.25) is 0 Å². The lowest BCUT2D eigenvalue weighted by atomic mass is 10.1. The van der Waals surface area contributed by atoms with Crippen molar-refractivity contribution in [2.45, 2.75) is 12.0 Å². The van der Waals surface area contributed by atoms with Gasteiger partial charge in [-0.2, -0.15) is 8.78 Å². The summed E-state index contributed by atoms with van der Waals surface area (Å²) >= 11 is 0. The van der Waals surface area contributed by atoms with Crippen molar-refractivity contribution in [2.24, 2.45) is 0 Å². The number of ether oxygens (including phenoxy) is 1. The fraction of sp³-hybridized carbons (Fsp3) is 0.250. The number of alkyl halides is 2. The van der Waals surface area contributed by atoms with Crippen LogP contribution >= 0.6 is 0 Å². The number of rotatable bonds is 4. The van der Waals surface area contributed by atoms with Crippen molar-refractivity contribution in [2.75, 3.05) is 18.1 Å². The number of hydrogen-bond acceptors (Lipinski definition) is 3. The summed E-state index contributed by atoms with van der Waals surface area (Å²) in [4.78, 5) is 17.3. The first-order valence-corrected chi connectivity index (χ1v) is 6.85. The third-order valence-electron chi connectivity index (χ3n) is 3.53. The van der Waals surface area contributed by atoms with Crippen molar-refractivity contribution in [3.63, 3.8) is 0 Å². The molecule has 3 rings (SSSR count). The zero-order chi connectivity index (χ0) is 15.6.